The van der Waals surface area contributed by atoms with Crippen molar-refractivity contribution in [3.63, 3.8) is 0 Å². The summed E-state index contributed by atoms with van der Waals surface area (Å²) in [4.78, 5) is 14.8. The predicted molar refractivity (Wildman–Crippen MR) is 50.2 cm³/mol. The molecule has 0 fully saturated rings. The van der Waals surface area contributed by atoms with Gasteiger partial charge in [0.05, 0.1) is 6.61 Å². The number of aliphatic hydroxyl groups excluding tert-OH is 1. The summed E-state index contributed by atoms with van der Waals surface area (Å²) in [6.45, 7) is 1.91. The summed E-state index contributed by atoms with van der Waals surface area (Å²) in [5.41, 5.74) is 5.73. The summed E-state index contributed by atoms with van der Waals surface area (Å²) < 4.78 is 4.64. The molecule has 1 aromatic heterocycles. The van der Waals surface area contributed by atoms with Gasteiger partial charge in [-0.1, -0.05) is 6.07 Å². The van der Waals surface area contributed by atoms with Gasteiger partial charge in [0.2, 0.25) is 0 Å². The molecule has 0 aliphatic heterocycles. The van der Waals surface area contributed by atoms with E-state index in [1.165, 1.54) is 18.3 Å². The van der Waals surface area contributed by atoms with Gasteiger partial charge in [0, 0.05) is 11.8 Å². The molecule has 0 aromatic carbocycles. The third-order valence-electron chi connectivity index (χ3n) is 1.63. The van der Waals surface area contributed by atoms with Crippen LogP contribution in [0.4, 0.5) is 5.82 Å². The van der Waals surface area contributed by atoms with Crippen molar-refractivity contribution in [2.75, 3.05) is 12.3 Å². The number of carbonyl (C=O) groups excluding carboxylic acids is 1. The number of esters is 1. The molecule has 0 spiro atoms. The van der Waals surface area contributed by atoms with Gasteiger partial charge in [-0.3, -0.25) is 0 Å². The molecule has 5 heteroatoms. The van der Waals surface area contributed by atoms with Crippen LogP contribution >= 0.6 is 0 Å². The first-order valence-electron chi connectivity index (χ1n) is 4.21. The fraction of sp³-hybridized carbons (Fsp3) is 0.333. The minimum atomic E-state index is -1.29. The van der Waals surface area contributed by atoms with E-state index in [0.29, 0.717) is 11.4 Å². The van der Waals surface area contributed by atoms with E-state index in [4.69, 9.17) is 5.73 Å². The van der Waals surface area contributed by atoms with E-state index in [1.54, 1.807) is 6.92 Å². The second kappa shape index (κ2) is 4.57. The van der Waals surface area contributed by atoms with E-state index >= 15 is 0 Å². The molecular formula is C9H12N2O3. The molecule has 0 bridgehead atoms. The van der Waals surface area contributed by atoms with E-state index in [0.717, 1.165) is 0 Å². The summed E-state index contributed by atoms with van der Waals surface area (Å²) in [6, 6.07) is 3.04. The largest absolute Gasteiger partial charge is 0.464 e. The molecule has 0 radical (unpaired) electrons. The third-order valence-corrected chi connectivity index (χ3v) is 1.63. The summed E-state index contributed by atoms with van der Waals surface area (Å²) in [5.74, 6) is -0.344. The normalized spacial score (nSPS) is 12.1. The number of hydrogen-bond donors (Lipinski definition) is 2. The highest BCUT2D eigenvalue weighted by Gasteiger charge is 2.18. The first kappa shape index (κ1) is 10.5. The van der Waals surface area contributed by atoms with E-state index in [1.807, 2.05) is 0 Å². The molecule has 0 saturated carbocycles. The summed E-state index contributed by atoms with van der Waals surface area (Å²) >= 11 is 0. The number of pyridine rings is 1. The van der Waals surface area contributed by atoms with Crippen molar-refractivity contribution in [1.82, 2.24) is 4.98 Å². The number of anilines is 1. The molecule has 1 rings (SSSR count). The highest BCUT2D eigenvalue weighted by atomic mass is 16.5. The second-order valence-electron chi connectivity index (χ2n) is 2.67. The second-order valence-corrected chi connectivity index (χ2v) is 2.67. The number of nitrogen functional groups attached to an aromatic ring is 1. The number of nitrogens with two attached hydrogens (primary N) is 1. The summed E-state index contributed by atoms with van der Waals surface area (Å²) in [6.07, 6.45) is 0.0553. The zero-order chi connectivity index (χ0) is 10.6. The Labute approximate surface area is 81.5 Å². The molecule has 14 heavy (non-hydrogen) atoms. The van der Waals surface area contributed by atoms with Crippen LogP contribution in [0.15, 0.2) is 18.3 Å². The van der Waals surface area contributed by atoms with Crippen molar-refractivity contribution in [1.29, 1.82) is 0 Å². The molecule has 0 amide bonds. The van der Waals surface area contributed by atoms with Crippen molar-refractivity contribution in [2.45, 2.75) is 13.0 Å². The van der Waals surface area contributed by atoms with Crippen LogP contribution in [0, 0.1) is 0 Å². The number of rotatable bonds is 3. The molecule has 0 aliphatic rings. The first-order valence-corrected chi connectivity index (χ1v) is 4.21. The number of aliphatic hydroxyl groups is 1. The van der Waals surface area contributed by atoms with Gasteiger partial charge in [0.25, 0.3) is 0 Å². The Morgan fingerprint density at radius 3 is 2.93 bits per heavy atom. The molecule has 0 saturated heterocycles. The maximum absolute atomic E-state index is 11.1. The number of hydrogen-bond acceptors (Lipinski definition) is 5. The Kier molecular flexibility index (Phi) is 3.41. The van der Waals surface area contributed by atoms with Crippen molar-refractivity contribution in [3.8, 4) is 0 Å². The molecule has 0 aliphatic carbocycles. The lowest BCUT2D eigenvalue weighted by atomic mass is 10.1. The lowest BCUT2D eigenvalue weighted by Crippen LogP contribution is -2.15. The van der Waals surface area contributed by atoms with Gasteiger partial charge in [-0.05, 0) is 13.0 Å². The van der Waals surface area contributed by atoms with Crippen LogP contribution in [0.3, 0.4) is 0 Å². The van der Waals surface area contributed by atoms with Crippen molar-refractivity contribution in [3.05, 3.63) is 23.9 Å². The first-order chi connectivity index (χ1) is 6.65. The zero-order valence-corrected chi connectivity index (χ0v) is 7.80. The Balaban J connectivity index is 2.73. The molecule has 1 aromatic rings. The molecular weight excluding hydrogens is 184 g/mol. The number of ether oxygens (including phenoxy) is 1. The third kappa shape index (κ3) is 2.43. The topological polar surface area (TPSA) is 85.4 Å². The molecule has 3 N–H and O–H groups in total. The van der Waals surface area contributed by atoms with Crippen LogP contribution < -0.4 is 5.73 Å². The lowest BCUT2D eigenvalue weighted by Gasteiger charge is -2.08. The van der Waals surface area contributed by atoms with E-state index in [2.05, 4.69) is 9.72 Å². The van der Waals surface area contributed by atoms with Crippen LogP contribution in [0.25, 0.3) is 0 Å². The average molecular weight is 196 g/mol. The maximum atomic E-state index is 11.1. The predicted octanol–water partition coefficient (Wildman–Crippen LogP) is 0.260. The standard InChI is InChI=1S/C9H12N2O3/c1-2-14-9(13)8(12)6-3-4-7(10)11-5-6/h3-5,8,12H,2H2,1H3,(H2,10,11). The smallest absolute Gasteiger partial charge is 0.339 e. The molecule has 5 nitrogen and oxygen atoms in total. The SMILES string of the molecule is CCOC(=O)C(O)c1ccc(N)nc1. The van der Waals surface area contributed by atoms with Crippen molar-refractivity contribution < 1.29 is 14.6 Å². The van der Waals surface area contributed by atoms with Gasteiger partial charge in [0.1, 0.15) is 5.82 Å². The number of carbonyl (C=O) groups is 1. The minimum absolute atomic E-state index is 0.234. The Bertz CT molecular complexity index is 310. The van der Waals surface area contributed by atoms with Crippen LogP contribution in [0.1, 0.15) is 18.6 Å². The van der Waals surface area contributed by atoms with Gasteiger partial charge >= 0.3 is 5.97 Å². The summed E-state index contributed by atoms with van der Waals surface area (Å²) in [7, 11) is 0. The highest BCUT2D eigenvalue weighted by molar-refractivity contribution is 5.76. The van der Waals surface area contributed by atoms with E-state index in [-0.39, 0.29) is 6.61 Å². The fourth-order valence-electron chi connectivity index (χ4n) is 0.936. The molecule has 1 heterocycles. The van der Waals surface area contributed by atoms with Crippen molar-refractivity contribution in [2.24, 2.45) is 0 Å². The highest BCUT2D eigenvalue weighted by Crippen LogP contribution is 2.13. The van der Waals surface area contributed by atoms with Crippen LogP contribution in [-0.4, -0.2) is 22.7 Å². The number of nitrogens with zero attached hydrogens (tertiary/aromatic N) is 1. The van der Waals surface area contributed by atoms with Crippen molar-refractivity contribution >= 4 is 11.8 Å². The van der Waals surface area contributed by atoms with Gasteiger partial charge in [-0.2, -0.15) is 0 Å². The van der Waals surface area contributed by atoms with Crippen LogP contribution in [-0.2, 0) is 9.53 Å². The van der Waals surface area contributed by atoms with Crippen LogP contribution in [0.5, 0.6) is 0 Å². The number of aromatic nitrogens is 1. The van der Waals surface area contributed by atoms with E-state index < -0.39 is 12.1 Å². The molecule has 1 unspecified atom stereocenters. The van der Waals surface area contributed by atoms with Crippen LogP contribution in [0.2, 0.25) is 0 Å². The van der Waals surface area contributed by atoms with Gasteiger partial charge in [-0.25, -0.2) is 9.78 Å². The summed E-state index contributed by atoms with van der Waals surface area (Å²) in [5, 5.41) is 9.46. The Morgan fingerprint density at radius 2 is 2.43 bits per heavy atom. The Morgan fingerprint density at radius 1 is 1.71 bits per heavy atom. The fourth-order valence-corrected chi connectivity index (χ4v) is 0.936. The van der Waals surface area contributed by atoms with Gasteiger partial charge < -0.3 is 15.6 Å². The monoisotopic (exact) mass is 196 g/mol. The van der Waals surface area contributed by atoms with Gasteiger partial charge in [0.15, 0.2) is 6.10 Å². The van der Waals surface area contributed by atoms with E-state index in [9.17, 15) is 9.90 Å². The minimum Gasteiger partial charge on any atom is -0.464 e. The Hall–Kier alpha value is -1.62. The molecule has 76 valence electrons. The quantitative estimate of drug-likeness (QED) is 0.677. The maximum Gasteiger partial charge on any atom is 0.339 e. The zero-order valence-electron chi connectivity index (χ0n) is 7.80. The molecule has 1 atom stereocenters. The lowest BCUT2D eigenvalue weighted by molar-refractivity contribution is -0.153. The average Bonchev–Trinajstić information content (AvgIpc) is 2.18. The van der Waals surface area contributed by atoms with Gasteiger partial charge in [-0.15, -0.1) is 0 Å².